The number of hydrogen-bond donors (Lipinski definition) is 3. The van der Waals surface area contributed by atoms with Crippen LogP contribution in [-0.4, -0.2) is 42.8 Å². The molecule has 0 bridgehead atoms. The summed E-state index contributed by atoms with van der Waals surface area (Å²) in [6.45, 7) is 4.33. The minimum Gasteiger partial charge on any atom is -0.481 e. The molecule has 7 heteroatoms. The van der Waals surface area contributed by atoms with E-state index in [1.54, 1.807) is 0 Å². The number of hydrogen-bond acceptors (Lipinski definition) is 4. The highest BCUT2D eigenvalue weighted by molar-refractivity contribution is 5.81. The van der Waals surface area contributed by atoms with E-state index in [-0.39, 0.29) is 49.8 Å². The number of amides is 2. The summed E-state index contributed by atoms with van der Waals surface area (Å²) in [7, 11) is 0. The Bertz CT molecular complexity index is 1050. The van der Waals surface area contributed by atoms with Crippen LogP contribution in [0.2, 0.25) is 0 Å². The molecule has 4 rings (SSSR count). The third kappa shape index (κ3) is 5.84. The van der Waals surface area contributed by atoms with Gasteiger partial charge in [-0.1, -0.05) is 68.8 Å². The second-order valence-electron chi connectivity index (χ2n) is 10.5. The van der Waals surface area contributed by atoms with E-state index in [4.69, 9.17) is 9.84 Å². The van der Waals surface area contributed by atoms with Crippen molar-refractivity contribution in [3.8, 4) is 11.1 Å². The van der Waals surface area contributed by atoms with Gasteiger partial charge in [-0.25, -0.2) is 4.79 Å². The highest BCUT2D eigenvalue weighted by atomic mass is 16.5. The molecule has 2 aromatic carbocycles. The van der Waals surface area contributed by atoms with Gasteiger partial charge in [0.2, 0.25) is 5.91 Å². The normalized spacial score (nSPS) is 15.9. The summed E-state index contributed by atoms with van der Waals surface area (Å²) < 4.78 is 5.61. The first kappa shape index (κ1) is 24.8. The molecule has 2 aliphatic carbocycles. The number of fused-ring (bicyclic) bond motifs is 3. The molecule has 186 valence electrons. The quantitative estimate of drug-likeness (QED) is 0.464. The number of nitrogens with one attached hydrogen (secondary N) is 2. The summed E-state index contributed by atoms with van der Waals surface area (Å²) in [5.41, 5.74) is 4.09. The van der Waals surface area contributed by atoms with Gasteiger partial charge in [-0.15, -0.1) is 0 Å². The maximum absolute atomic E-state index is 12.9. The Labute approximate surface area is 206 Å². The molecule has 0 saturated heterocycles. The topological polar surface area (TPSA) is 105 Å². The molecule has 35 heavy (non-hydrogen) atoms. The average Bonchev–Trinajstić information content (AvgIpc) is 3.10. The van der Waals surface area contributed by atoms with Crippen molar-refractivity contribution in [1.82, 2.24) is 10.6 Å². The third-order valence-corrected chi connectivity index (χ3v) is 7.24. The van der Waals surface area contributed by atoms with E-state index in [0.717, 1.165) is 30.4 Å². The molecule has 1 saturated carbocycles. The Balaban J connectivity index is 1.32. The van der Waals surface area contributed by atoms with E-state index in [1.807, 2.05) is 38.1 Å². The fourth-order valence-electron chi connectivity index (χ4n) is 5.09. The van der Waals surface area contributed by atoms with Crippen molar-refractivity contribution < 1.29 is 24.2 Å². The SMILES string of the molecule is CC(C)(CNC(=O)C(CNC(=O)OCC1c2ccccc2-c2ccccc21)C1CCC1)CC(=O)O. The summed E-state index contributed by atoms with van der Waals surface area (Å²) in [5.74, 6) is -1.20. The van der Waals surface area contributed by atoms with Crippen LogP contribution in [0, 0.1) is 17.3 Å². The number of alkyl carbamates (subject to hydrolysis) is 1. The van der Waals surface area contributed by atoms with Crippen molar-refractivity contribution in [3.05, 3.63) is 59.7 Å². The van der Waals surface area contributed by atoms with Gasteiger partial charge in [0.05, 0.1) is 12.3 Å². The van der Waals surface area contributed by atoms with Crippen LogP contribution in [0.5, 0.6) is 0 Å². The van der Waals surface area contributed by atoms with Crippen molar-refractivity contribution in [1.29, 1.82) is 0 Å². The lowest BCUT2D eigenvalue weighted by molar-refractivity contribution is -0.139. The predicted molar refractivity (Wildman–Crippen MR) is 133 cm³/mol. The summed E-state index contributed by atoms with van der Waals surface area (Å²) in [5, 5.41) is 14.8. The van der Waals surface area contributed by atoms with Gasteiger partial charge < -0.3 is 20.5 Å². The van der Waals surface area contributed by atoms with Crippen molar-refractivity contribution in [2.75, 3.05) is 19.7 Å². The number of rotatable bonds is 10. The lowest BCUT2D eigenvalue weighted by Crippen LogP contribution is -2.46. The zero-order valence-electron chi connectivity index (χ0n) is 20.4. The van der Waals surface area contributed by atoms with Gasteiger partial charge in [0.1, 0.15) is 6.61 Å². The van der Waals surface area contributed by atoms with Gasteiger partial charge in [0.15, 0.2) is 0 Å². The summed E-state index contributed by atoms with van der Waals surface area (Å²) in [4.78, 5) is 36.6. The van der Waals surface area contributed by atoms with Gasteiger partial charge >= 0.3 is 12.1 Å². The number of carbonyl (C=O) groups excluding carboxylic acids is 2. The van der Waals surface area contributed by atoms with Crippen molar-refractivity contribution in [3.63, 3.8) is 0 Å². The average molecular weight is 479 g/mol. The fourth-order valence-corrected chi connectivity index (χ4v) is 5.09. The Hall–Kier alpha value is -3.35. The molecule has 7 nitrogen and oxygen atoms in total. The molecule has 0 heterocycles. The maximum Gasteiger partial charge on any atom is 0.407 e. The largest absolute Gasteiger partial charge is 0.481 e. The van der Waals surface area contributed by atoms with Crippen molar-refractivity contribution >= 4 is 18.0 Å². The third-order valence-electron chi connectivity index (χ3n) is 7.24. The van der Waals surface area contributed by atoms with Gasteiger partial charge in [-0.2, -0.15) is 0 Å². The lowest BCUT2D eigenvalue weighted by atomic mass is 9.75. The maximum atomic E-state index is 12.9. The van der Waals surface area contributed by atoms with Crippen LogP contribution in [0.4, 0.5) is 4.79 Å². The molecule has 0 spiro atoms. The number of carboxylic acid groups (broad SMARTS) is 1. The number of carbonyl (C=O) groups is 3. The first-order valence-corrected chi connectivity index (χ1v) is 12.3. The van der Waals surface area contributed by atoms with Crippen molar-refractivity contribution in [2.45, 2.75) is 45.4 Å². The van der Waals surface area contributed by atoms with E-state index in [0.29, 0.717) is 0 Å². The van der Waals surface area contributed by atoms with Gasteiger partial charge in [0, 0.05) is 19.0 Å². The zero-order chi connectivity index (χ0) is 25.0. The van der Waals surface area contributed by atoms with Crippen LogP contribution in [0.15, 0.2) is 48.5 Å². The Morgan fingerprint density at radius 2 is 1.60 bits per heavy atom. The molecule has 3 N–H and O–H groups in total. The summed E-state index contributed by atoms with van der Waals surface area (Å²) >= 11 is 0. The lowest BCUT2D eigenvalue weighted by Gasteiger charge is -2.34. The molecule has 2 aromatic rings. The molecule has 2 aliphatic rings. The minimum atomic E-state index is -0.892. The first-order chi connectivity index (χ1) is 16.7. The van der Waals surface area contributed by atoms with Gasteiger partial charge in [0.25, 0.3) is 0 Å². The van der Waals surface area contributed by atoms with E-state index < -0.39 is 17.5 Å². The summed E-state index contributed by atoms with van der Waals surface area (Å²) in [6, 6.07) is 16.4. The Kier molecular flexibility index (Phi) is 7.43. The van der Waals surface area contributed by atoms with Crippen LogP contribution in [0.25, 0.3) is 11.1 Å². The number of carboxylic acids is 1. The standard InChI is InChI=1S/C28H34N2O5/c1-28(2,14-25(31)32)17-30-26(33)23(18-8-7-9-18)15-29-27(34)35-16-24-21-12-5-3-10-19(21)20-11-4-6-13-22(20)24/h3-6,10-13,18,23-24H,7-9,14-17H2,1-2H3,(H,29,34)(H,30,33)(H,31,32). The first-order valence-electron chi connectivity index (χ1n) is 12.3. The molecule has 2 amide bonds. The number of aliphatic carboxylic acids is 1. The van der Waals surface area contributed by atoms with E-state index in [9.17, 15) is 14.4 Å². The number of benzene rings is 2. The van der Waals surface area contributed by atoms with Crippen LogP contribution in [0.1, 0.15) is 56.6 Å². The molecular weight excluding hydrogens is 444 g/mol. The molecule has 1 unspecified atom stereocenters. The van der Waals surface area contributed by atoms with Crippen molar-refractivity contribution in [2.24, 2.45) is 17.3 Å². The van der Waals surface area contributed by atoms with Gasteiger partial charge in [-0.3, -0.25) is 9.59 Å². The Morgan fingerprint density at radius 1 is 1.00 bits per heavy atom. The molecular formula is C28H34N2O5. The van der Waals surface area contributed by atoms with Crippen LogP contribution < -0.4 is 10.6 Å². The van der Waals surface area contributed by atoms with Crippen LogP contribution in [-0.2, 0) is 14.3 Å². The van der Waals surface area contributed by atoms with Crippen LogP contribution >= 0.6 is 0 Å². The van der Waals surface area contributed by atoms with Gasteiger partial charge in [-0.05, 0) is 46.4 Å². The monoisotopic (exact) mass is 478 g/mol. The predicted octanol–water partition coefficient (Wildman–Crippen LogP) is 4.56. The summed E-state index contributed by atoms with van der Waals surface area (Å²) in [6.07, 6.45) is 2.41. The number of ether oxygens (including phenoxy) is 1. The minimum absolute atomic E-state index is 0.0182. The van der Waals surface area contributed by atoms with E-state index in [1.165, 1.54) is 11.1 Å². The molecule has 1 atom stereocenters. The smallest absolute Gasteiger partial charge is 0.407 e. The fraction of sp³-hybridized carbons (Fsp3) is 0.464. The molecule has 0 aliphatic heterocycles. The van der Waals surface area contributed by atoms with E-state index >= 15 is 0 Å². The Morgan fingerprint density at radius 3 is 2.14 bits per heavy atom. The van der Waals surface area contributed by atoms with E-state index in [2.05, 4.69) is 34.9 Å². The zero-order valence-corrected chi connectivity index (χ0v) is 20.4. The molecule has 0 aromatic heterocycles. The highest BCUT2D eigenvalue weighted by Crippen LogP contribution is 2.44. The second kappa shape index (κ2) is 10.5. The van der Waals surface area contributed by atoms with Crippen LogP contribution in [0.3, 0.4) is 0 Å². The highest BCUT2D eigenvalue weighted by Gasteiger charge is 2.34. The second-order valence-corrected chi connectivity index (χ2v) is 10.5. The molecule has 1 fully saturated rings. The molecule has 0 radical (unpaired) electrons.